The summed E-state index contributed by atoms with van der Waals surface area (Å²) < 4.78 is 0. The molecule has 1 aromatic rings. The van der Waals surface area contributed by atoms with Gasteiger partial charge in [0.2, 0.25) is 11.8 Å². The minimum atomic E-state index is -0.370. The van der Waals surface area contributed by atoms with Crippen molar-refractivity contribution in [3.05, 3.63) is 24.4 Å². The van der Waals surface area contributed by atoms with Gasteiger partial charge < -0.3 is 10.2 Å². The number of aromatic nitrogens is 1. The van der Waals surface area contributed by atoms with Crippen molar-refractivity contribution in [2.24, 2.45) is 5.92 Å². The van der Waals surface area contributed by atoms with Gasteiger partial charge in [0, 0.05) is 17.9 Å². The van der Waals surface area contributed by atoms with Gasteiger partial charge in [0.15, 0.2) is 0 Å². The van der Waals surface area contributed by atoms with Crippen molar-refractivity contribution in [3.8, 4) is 0 Å². The molecular formula is C15H19N3O2S. The van der Waals surface area contributed by atoms with Crippen LogP contribution in [0.3, 0.4) is 0 Å². The summed E-state index contributed by atoms with van der Waals surface area (Å²) in [5.74, 6) is 1.96. The highest BCUT2D eigenvalue weighted by molar-refractivity contribution is 7.99. The number of carbonyl (C=O) groups excluding carboxylic acids is 2. The smallest absolute Gasteiger partial charge is 0.249 e. The molecule has 21 heavy (non-hydrogen) atoms. The number of nitrogens with zero attached hydrogens (tertiary/aromatic N) is 2. The third-order valence-corrected chi connectivity index (χ3v) is 5.10. The molecule has 1 saturated carbocycles. The van der Waals surface area contributed by atoms with Gasteiger partial charge in [0.1, 0.15) is 11.9 Å². The van der Waals surface area contributed by atoms with Gasteiger partial charge in [-0.2, -0.15) is 0 Å². The van der Waals surface area contributed by atoms with Crippen LogP contribution < -0.4 is 5.32 Å². The van der Waals surface area contributed by atoms with Crippen LogP contribution in [0.2, 0.25) is 0 Å². The Labute approximate surface area is 128 Å². The van der Waals surface area contributed by atoms with E-state index in [1.54, 1.807) is 35.0 Å². The molecule has 112 valence electrons. The minimum Gasteiger partial charge on any atom is -0.320 e. The van der Waals surface area contributed by atoms with Crippen molar-refractivity contribution in [2.45, 2.75) is 31.7 Å². The molecule has 6 heteroatoms. The molecule has 0 radical (unpaired) electrons. The van der Waals surface area contributed by atoms with Crippen molar-refractivity contribution >= 4 is 29.4 Å². The molecule has 1 atom stereocenters. The number of carbonyl (C=O) groups is 2. The van der Waals surface area contributed by atoms with E-state index in [1.807, 2.05) is 6.07 Å². The summed E-state index contributed by atoms with van der Waals surface area (Å²) in [5, 5.41) is 2.80. The Morgan fingerprint density at radius 2 is 2.10 bits per heavy atom. The highest BCUT2D eigenvalue weighted by Gasteiger charge is 2.38. The predicted molar refractivity (Wildman–Crippen MR) is 82.8 cm³/mol. The molecule has 2 amide bonds. The monoisotopic (exact) mass is 305 g/mol. The van der Waals surface area contributed by atoms with Gasteiger partial charge in [-0.1, -0.05) is 18.9 Å². The number of hydrogen-bond donors (Lipinski definition) is 1. The van der Waals surface area contributed by atoms with Crippen molar-refractivity contribution in [3.63, 3.8) is 0 Å². The maximum atomic E-state index is 12.5. The highest BCUT2D eigenvalue weighted by Crippen LogP contribution is 2.31. The summed E-state index contributed by atoms with van der Waals surface area (Å²) in [7, 11) is 0. The van der Waals surface area contributed by atoms with Crippen LogP contribution in [0.25, 0.3) is 0 Å². The van der Waals surface area contributed by atoms with E-state index in [1.165, 1.54) is 0 Å². The van der Waals surface area contributed by atoms with Gasteiger partial charge in [0.05, 0.1) is 5.88 Å². The fourth-order valence-corrected chi connectivity index (χ4v) is 4.09. The van der Waals surface area contributed by atoms with Crippen molar-refractivity contribution < 1.29 is 9.59 Å². The first-order valence-electron chi connectivity index (χ1n) is 7.36. The maximum Gasteiger partial charge on any atom is 0.249 e. The summed E-state index contributed by atoms with van der Waals surface area (Å²) in [6.07, 6.45) is 5.83. The predicted octanol–water partition coefficient (Wildman–Crippen LogP) is 2.11. The van der Waals surface area contributed by atoms with Crippen LogP contribution in [0.4, 0.5) is 5.82 Å². The zero-order valence-corrected chi connectivity index (χ0v) is 12.6. The Hall–Kier alpha value is -1.56. The fraction of sp³-hybridized carbons (Fsp3) is 0.533. The lowest BCUT2D eigenvalue weighted by Gasteiger charge is -2.25. The molecule has 1 aliphatic heterocycles. The van der Waals surface area contributed by atoms with Gasteiger partial charge in [-0.05, 0) is 25.0 Å². The lowest BCUT2D eigenvalue weighted by molar-refractivity contribution is -0.139. The average molecular weight is 305 g/mol. The Bertz CT molecular complexity index is 517. The van der Waals surface area contributed by atoms with Crippen molar-refractivity contribution in [2.75, 3.05) is 16.9 Å². The second-order valence-corrected chi connectivity index (χ2v) is 6.51. The first-order valence-corrected chi connectivity index (χ1v) is 8.51. The zero-order valence-electron chi connectivity index (χ0n) is 11.8. The normalized spacial score (nSPS) is 22.5. The van der Waals surface area contributed by atoms with Gasteiger partial charge in [0.25, 0.3) is 0 Å². The van der Waals surface area contributed by atoms with E-state index in [2.05, 4.69) is 10.3 Å². The molecule has 2 aliphatic rings. The molecule has 1 aliphatic carbocycles. The SMILES string of the molecule is O=C(Nc1ccccn1)C1CSCN1C(=O)C1CCCC1. The molecule has 5 nitrogen and oxygen atoms in total. The van der Waals surface area contributed by atoms with E-state index in [0.29, 0.717) is 17.4 Å². The zero-order chi connectivity index (χ0) is 14.7. The van der Waals surface area contributed by atoms with Crippen LogP contribution in [-0.4, -0.2) is 39.4 Å². The van der Waals surface area contributed by atoms with E-state index in [4.69, 9.17) is 0 Å². The number of anilines is 1. The first kappa shape index (κ1) is 14.4. The fourth-order valence-electron chi connectivity index (χ4n) is 2.93. The van der Waals surface area contributed by atoms with Crippen LogP contribution in [0.1, 0.15) is 25.7 Å². The molecule has 1 saturated heterocycles. The first-order chi connectivity index (χ1) is 10.3. The summed E-state index contributed by atoms with van der Waals surface area (Å²) in [4.78, 5) is 30.8. The van der Waals surface area contributed by atoms with Crippen molar-refractivity contribution in [1.82, 2.24) is 9.88 Å². The second kappa shape index (κ2) is 6.47. The number of thioether (sulfide) groups is 1. The van der Waals surface area contributed by atoms with Gasteiger partial charge in [-0.25, -0.2) is 4.98 Å². The lowest BCUT2D eigenvalue weighted by atomic mass is 10.1. The average Bonchev–Trinajstić information content (AvgIpc) is 3.19. The molecular weight excluding hydrogens is 286 g/mol. The van der Waals surface area contributed by atoms with Crippen LogP contribution in [0, 0.1) is 5.92 Å². The van der Waals surface area contributed by atoms with Crippen LogP contribution in [0.15, 0.2) is 24.4 Å². The van der Waals surface area contributed by atoms with E-state index in [0.717, 1.165) is 25.7 Å². The van der Waals surface area contributed by atoms with Crippen LogP contribution in [0.5, 0.6) is 0 Å². The highest BCUT2D eigenvalue weighted by atomic mass is 32.2. The van der Waals surface area contributed by atoms with E-state index >= 15 is 0 Å². The van der Waals surface area contributed by atoms with Crippen LogP contribution >= 0.6 is 11.8 Å². The molecule has 1 aromatic heterocycles. The number of hydrogen-bond acceptors (Lipinski definition) is 4. The molecule has 2 fully saturated rings. The molecule has 0 bridgehead atoms. The molecule has 1 unspecified atom stereocenters. The molecule has 3 rings (SSSR count). The Morgan fingerprint density at radius 3 is 2.81 bits per heavy atom. The third-order valence-electron chi connectivity index (χ3n) is 4.09. The number of amides is 2. The number of pyridine rings is 1. The van der Waals surface area contributed by atoms with Gasteiger partial charge in [-0.15, -0.1) is 11.8 Å². The largest absolute Gasteiger partial charge is 0.320 e. The molecule has 1 N–H and O–H groups in total. The summed E-state index contributed by atoms with van der Waals surface area (Å²) >= 11 is 1.64. The maximum absolute atomic E-state index is 12.5. The Morgan fingerprint density at radius 1 is 1.29 bits per heavy atom. The Balaban J connectivity index is 1.65. The summed E-state index contributed by atoms with van der Waals surface area (Å²) in [6.45, 7) is 0. The minimum absolute atomic E-state index is 0.119. The second-order valence-electron chi connectivity index (χ2n) is 5.51. The van der Waals surface area contributed by atoms with E-state index in [9.17, 15) is 9.59 Å². The Kier molecular flexibility index (Phi) is 4.43. The number of rotatable bonds is 3. The van der Waals surface area contributed by atoms with Gasteiger partial charge in [-0.3, -0.25) is 9.59 Å². The quantitative estimate of drug-likeness (QED) is 0.929. The van der Waals surface area contributed by atoms with E-state index < -0.39 is 0 Å². The molecule has 0 aromatic carbocycles. The topological polar surface area (TPSA) is 62.3 Å². The molecule has 0 spiro atoms. The summed E-state index contributed by atoms with van der Waals surface area (Å²) in [5.41, 5.74) is 0. The van der Waals surface area contributed by atoms with Crippen molar-refractivity contribution in [1.29, 1.82) is 0 Å². The lowest BCUT2D eigenvalue weighted by Crippen LogP contribution is -2.46. The standard InChI is InChI=1S/C15H19N3O2S/c19-14(17-13-7-3-4-8-16-13)12-9-21-10-18(12)15(20)11-5-1-2-6-11/h3-4,7-8,11-12H,1-2,5-6,9-10H2,(H,16,17,19). The van der Waals surface area contributed by atoms with E-state index in [-0.39, 0.29) is 23.8 Å². The third kappa shape index (κ3) is 3.20. The van der Waals surface area contributed by atoms with Gasteiger partial charge >= 0.3 is 0 Å². The van der Waals surface area contributed by atoms with Crippen LogP contribution in [-0.2, 0) is 9.59 Å². The number of nitrogens with one attached hydrogen (secondary N) is 1. The summed E-state index contributed by atoms with van der Waals surface area (Å²) in [6, 6.07) is 5.01. The molecule has 2 heterocycles.